The van der Waals surface area contributed by atoms with Crippen molar-refractivity contribution in [3.8, 4) is 34.1 Å². The molecule has 0 N–H and O–H groups in total. The second kappa shape index (κ2) is 8.55. The minimum absolute atomic E-state index is 0.475. The minimum atomic E-state index is 0.475. The third kappa shape index (κ3) is 4.41. The van der Waals surface area contributed by atoms with E-state index in [0.29, 0.717) is 34.4 Å². The Hall–Kier alpha value is -4.68. The molecule has 0 aliphatic rings. The first-order valence-electron chi connectivity index (χ1n) is 9.20. The zero-order valence-corrected chi connectivity index (χ0v) is 15.8. The summed E-state index contributed by atoms with van der Waals surface area (Å²) in [5.74, 6) is 2.76. The standard InChI is InChI=1S/C24H16N4O2/c25-27-19-5-13-23(14-6-19)29-21-9-1-17(2-10-21)18-3-11-22(12-4-18)30-24-15-7-20(28-26)8-16-24/h1-16H/q+2. The largest absolute Gasteiger partial charge is 0.457 e. The summed E-state index contributed by atoms with van der Waals surface area (Å²) in [6.45, 7) is 0. The van der Waals surface area contributed by atoms with Crippen molar-refractivity contribution in [3.63, 3.8) is 0 Å². The van der Waals surface area contributed by atoms with Crippen LogP contribution in [0.15, 0.2) is 97.1 Å². The van der Waals surface area contributed by atoms with Gasteiger partial charge in [-0.05, 0) is 59.7 Å². The van der Waals surface area contributed by atoms with Gasteiger partial charge >= 0.3 is 11.4 Å². The Morgan fingerprint density at radius 3 is 0.933 bits per heavy atom. The molecule has 142 valence electrons. The molecule has 0 saturated heterocycles. The Balaban J connectivity index is 1.42. The molecule has 0 unspecified atom stereocenters. The molecular weight excluding hydrogens is 376 g/mol. The van der Waals surface area contributed by atoms with Crippen molar-refractivity contribution in [3.05, 3.63) is 107 Å². The highest BCUT2D eigenvalue weighted by Crippen LogP contribution is 2.29. The average molecular weight is 392 g/mol. The summed E-state index contributed by atoms with van der Waals surface area (Å²) in [6, 6.07) is 29.2. The molecule has 0 radical (unpaired) electrons. The zero-order valence-electron chi connectivity index (χ0n) is 15.8. The highest BCUT2D eigenvalue weighted by atomic mass is 16.5. The summed E-state index contributed by atoms with van der Waals surface area (Å²) < 4.78 is 11.6. The lowest BCUT2D eigenvalue weighted by atomic mass is 10.1. The lowest BCUT2D eigenvalue weighted by Gasteiger charge is -2.08. The van der Waals surface area contributed by atoms with Crippen LogP contribution in [-0.2, 0) is 0 Å². The van der Waals surface area contributed by atoms with Gasteiger partial charge in [-0.25, -0.2) is 0 Å². The minimum Gasteiger partial charge on any atom is -0.457 e. The fraction of sp³-hybridized carbons (Fsp3) is 0. The Kier molecular flexibility index (Phi) is 5.32. The van der Waals surface area contributed by atoms with E-state index in [0.717, 1.165) is 11.1 Å². The van der Waals surface area contributed by atoms with Crippen LogP contribution in [0, 0.1) is 10.8 Å². The first-order chi connectivity index (χ1) is 14.7. The van der Waals surface area contributed by atoms with Crippen LogP contribution in [0.1, 0.15) is 0 Å². The highest BCUT2D eigenvalue weighted by molar-refractivity contribution is 5.65. The molecule has 6 heteroatoms. The Morgan fingerprint density at radius 1 is 0.400 bits per heavy atom. The SMILES string of the molecule is N#[N+]c1ccc(Oc2ccc(-c3ccc(Oc4ccc([N+]#N)cc4)cc3)cc2)cc1. The maximum absolute atomic E-state index is 8.73. The number of ether oxygens (including phenoxy) is 2. The van der Waals surface area contributed by atoms with Crippen LogP contribution in [0.2, 0.25) is 0 Å². The first-order valence-corrected chi connectivity index (χ1v) is 9.20. The van der Waals surface area contributed by atoms with E-state index >= 15 is 0 Å². The van der Waals surface area contributed by atoms with Gasteiger partial charge < -0.3 is 9.47 Å². The van der Waals surface area contributed by atoms with Gasteiger partial charge in [-0.1, -0.05) is 24.3 Å². The molecule has 0 atom stereocenters. The number of hydrogen-bond donors (Lipinski definition) is 0. The third-order valence-electron chi connectivity index (χ3n) is 4.42. The summed E-state index contributed by atoms with van der Waals surface area (Å²) in [4.78, 5) is 6.25. The average Bonchev–Trinajstić information content (AvgIpc) is 2.81. The van der Waals surface area contributed by atoms with Gasteiger partial charge in [-0.3, -0.25) is 0 Å². The molecular formula is C24H16N4O2+2. The van der Waals surface area contributed by atoms with E-state index in [1.807, 2.05) is 48.5 Å². The maximum Gasteiger partial charge on any atom is 0.385 e. The van der Waals surface area contributed by atoms with E-state index in [4.69, 9.17) is 20.3 Å². The molecule has 0 saturated carbocycles. The van der Waals surface area contributed by atoms with Crippen molar-refractivity contribution in [2.24, 2.45) is 0 Å². The number of diazo groups is 2. The highest BCUT2D eigenvalue weighted by Gasteiger charge is 2.06. The van der Waals surface area contributed by atoms with Crippen LogP contribution in [0.5, 0.6) is 23.0 Å². The van der Waals surface area contributed by atoms with Crippen molar-refractivity contribution in [1.29, 1.82) is 10.8 Å². The van der Waals surface area contributed by atoms with Gasteiger partial charge in [0.2, 0.25) is 10.8 Å². The number of benzene rings is 4. The van der Waals surface area contributed by atoms with Crippen LogP contribution < -0.4 is 9.47 Å². The summed E-state index contributed by atoms with van der Waals surface area (Å²) in [6.07, 6.45) is 0. The van der Waals surface area contributed by atoms with Crippen LogP contribution in [0.4, 0.5) is 11.4 Å². The summed E-state index contributed by atoms with van der Waals surface area (Å²) in [7, 11) is 0. The van der Waals surface area contributed by atoms with Crippen LogP contribution >= 0.6 is 0 Å². The molecule has 4 rings (SSSR count). The number of nitrogens with zero attached hydrogens (tertiary/aromatic N) is 4. The molecule has 0 spiro atoms. The predicted molar refractivity (Wildman–Crippen MR) is 114 cm³/mol. The van der Waals surface area contributed by atoms with Gasteiger partial charge in [-0.2, -0.15) is 0 Å². The molecule has 4 aromatic carbocycles. The molecule has 0 heterocycles. The summed E-state index contributed by atoms with van der Waals surface area (Å²) in [5, 5.41) is 17.5. The quantitative estimate of drug-likeness (QED) is 0.323. The van der Waals surface area contributed by atoms with Crippen LogP contribution in [0.3, 0.4) is 0 Å². The van der Waals surface area contributed by atoms with Gasteiger partial charge in [0, 0.05) is 24.3 Å². The van der Waals surface area contributed by atoms with Gasteiger partial charge in [-0.15, -0.1) is 0 Å². The fourth-order valence-electron chi connectivity index (χ4n) is 2.86. The Bertz CT molecular complexity index is 1120. The van der Waals surface area contributed by atoms with Gasteiger partial charge in [0.25, 0.3) is 0 Å². The van der Waals surface area contributed by atoms with E-state index in [9.17, 15) is 0 Å². The van der Waals surface area contributed by atoms with E-state index in [-0.39, 0.29) is 0 Å². The van der Waals surface area contributed by atoms with Crippen molar-refractivity contribution in [2.45, 2.75) is 0 Å². The monoisotopic (exact) mass is 392 g/mol. The van der Waals surface area contributed by atoms with Gasteiger partial charge in [0.05, 0.1) is 0 Å². The molecule has 4 aromatic rings. The second-order valence-electron chi connectivity index (χ2n) is 6.44. The van der Waals surface area contributed by atoms with E-state index < -0.39 is 0 Å². The smallest absolute Gasteiger partial charge is 0.385 e. The lowest BCUT2D eigenvalue weighted by Crippen LogP contribution is -1.85. The molecule has 0 fully saturated rings. The van der Waals surface area contributed by atoms with Crippen molar-refractivity contribution < 1.29 is 9.47 Å². The van der Waals surface area contributed by atoms with Crippen molar-refractivity contribution >= 4 is 11.4 Å². The Morgan fingerprint density at radius 2 is 0.667 bits per heavy atom. The molecule has 30 heavy (non-hydrogen) atoms. The fourth-order valence-corrected chi connectivity index (χ4v) is 2.86. The van der Waals surface area contributed by atoms with Crippen LogP contribution in [0.25, 0.3) is 21.1 Å². The third-order valence-corrected chi connectivity index (χ3v) is 4.42. The zero-order chi connectivity index (χ0) is 20.8. The first kappa shape index (κ1) is 18.7. The summed E-state index contributed by atoms with van der Waals surface area (Å²) in [5.41, 5.74) is 3.06. The molecule has 0 aliphatic carbocycles. The van der Waals surface area contributed by atoms with Crippen LogP contribution in [-0.4, -0.2) is 0 Å². The predicted octanol–water partition coefficient (Wildman–Crippen LogP) is 7.91. The Labute approximate surface area is 173 Å². The molecule has 6 nitrogen and oxygen atoms in total. The molecule has 0 aliphatic heterocycles. The topological polar surface area (TPSA) is 74.8 Å². The number of rotatable bonds is 5. The molecule has 0 bridgehead atoms. The molecule has 0 amide bonds. The van der Waals surface area contributed by atoms with Crippen molar-refractivity contribution in [2.75, 3.05) is 0 Å². The van der Waals surface area contributed by atoms with E-state index in [1.165, 1.54) is 0 Å². The van der Waals surface area contributed by atoms with Gasteiger partial charge in [0.1, 0.15) is 23.0 Å². The number of hydrogen-bond acceptors (Lipinski definition) is 4. The van der Waals surface area contributed by atoms with E-state index in [1.54, 1.807) is 48.5 Å². The molecule has 0 aromatic heterocycles. The summed E-state index contributed by atoms with van der Waals surface area (Å²) >= 11 is 0. The van der Waals surface area contributed by atoms with E-state index in [2.05, 4.69) is 9.95 Å². The second-order valence-corrected chi connectivity index (χ2v) is 6.44. The normalized spacial score (nSPS) is 9.93. The van der Waals surface area contributed by atoms with Crippen molar-refractivity contribution in [1.82, 2.24) is 0 Å². The lowest BCUT2D eigenvalue weighted by molar-refractivity contribution is 0.482. The maximum atomic E-state index is 8.73. The van der Waals surface area contributed by atoms with Gasteiger partial charge in [0.15, 0.2) is 9.95 Å².